The molecule has 0 radical (unpaired) electrons. The Morgan fingerprint density at radius 2 is 1.75 bits per heavy atom. The molecule has 1 aromatic heterocycles. The van der Waals surface area contributed by atoms with Crippen molar-refractivity contribution in [3.63, 3.8) is 0 Å². The molecule has 1 atom stereocenters. The van der Waals surface area contributed by atoms with Crippen LogP contribution in [0.4, 0.5) is 5.69 Å². The fraction of sp³-hybridized carbons (Fsp3) is 0.0870. The van der Waals surface area contributed by atoms with Gasteiger partial charge in [0.15, 0.2) is 6.10 Å². The van der Waals surface area contributed by atoms with Gasteiger partial charge in [-0.15, -0.1) is 0 Å². The van der Waals surface area contributed by atoms with Crippen LogP contribution < -0.4 is 5.32 Å². The highest BCUT2D eigenvalue weighted by molar-refractivity contribution is 6.03. The summed E-state index contributed by atoms with van der Waals surface area (Å²) in [5.41, 5.74) is 1.82. The summed E-state index contributed by atoms with van der Waals surface area (Å²) in [6, 6.07) is 22.2. The minimum atomic E-state index is -0.939. The van der Waals surface area contributed by atoms with Crippen LogP contribution in [0.25, 0.3) is 21.7 Å². The minimum absolute atomic E-state index is 0.398. The third-order valence-corrected chi connectivity index (χ3v) is 4.54. The molecule has 5 heteroatoms. The van der Waals surface area contributed by atoms with E-state index in [1.165, 1.54) is 0 Å². The number of carbonyl (C=O) groups is 2. The van der Waals surface area contributed by atoms with Gasteiger partial charge in [-0.25, -0.2) is 4.79 Å². The number of esters is 1. The Hall–Kier alpha value is -3.73. The molecule has 1 heterocycles. The highest BCUT2D eigenvalue weighted by Gasteiger charge is 2.20. The van der Waals surface area contributed by atoms with Crippen molar-refractivity contribution >= 4 is 39.2 Å². The highest BCUT2D eigenvalue weighted by atomic mass is 16.5. The van der Waals surface area contributed by atoms with Crippen molar-refractivity contribution in [1.82, 2.24) is 4.98 Å². The molecular weight excluding hydrogens is 352 g/mol. The van der Waals surface area contributed by atoms with Crippen LogP contribution >= 0.6 is 0 Å². The zero-order valence-corrected chi connectivity index (χ0v) is 15.3. The van der Waals surface area contributed by atoms with Crippen LogP contribution in [-0.4, -0.2) is 23.0 Å². The number of hydrogen-bond donors (Lipinski definition) is 1. The number of nitrogens with one attached hydrogen (secondary N) is 1. The second kappa shape index (κ2) is 7.48. The molecule has 5 nitrogen and oxygen atoms in total. The Morgan fingerprint density at radius 1 is 0.929 bits per heavy atom. The van der Waals surface area contributed by atoms with E-state index in [1.54, 1.807) is 37.4 Å². The smallest absolute Gasteiger partial charge is 0.338 e. The first-order valence-corrected chi connectivity index (χ1v) is 8.96. The van der Waals surface area contributed by atoms with E-state index in [4.69, 9.17) is 4.74 Å². The Balaban J connectivity index is 1.48. The molecule has 0 aliphatic heterocycles. The maximum atomic E-state index is 12.5. The van der Waals surface area contributed by atoms with E-state index in [0.29, 0.717) is 11.3 Å². The van der Waals surface area contributed by atoms with Crippen molar-refractivity contribution in [3.8, 4) is 0 Å². The van der Waals surface area contributed by atoms with E-state index in [0.717, 1.165) is 21.7 Å². The van der Waals surface area contributed by atoms with Gasteiger partial charge in [0.05, 0.1) is 16.8 Å². The van der Waals surface area contributed by atoms with Gasteiger partial charge in [0.1, 0.15) is 0 Å². The molecule has 3 aromatic carbocycles. The SMILES string of the molecule is CC(OC(=O)c1ccc2ccccc2c1)C(=O)Nc1cccc2ncccc12. The summed E-state index contributed by atoms with van der Waals surface area (Å²) < 4.78 is 5.36. The minimum Gasteiger partial charge on any atom is -0.449 e. The third-order valence-electron chi connectivity index (χ3n) is 4.54. The van der Waals surface area contributed by atoms with E-state index >= 15 is 0 Å². The molecular formula is C23H18N2O3. The second-order valence-corrected chi connectivity index (χ2v) is 6.47. The number of aromatic nitrogens is 1. The molecule has 0 saturated heterocycles. The Bertz CT molecular complexity index is 1180. The lowest BCUT2D eigenvalue weighted by Gasteiger charge is -2.15. The average molecular weight is 370 g/mol. The number of ether oxygens (including phenoxy) is 1. The topological polar surface area (TPSA) is 68.3 Å². The van der Waals surface area contributed by atoms with Gasteiger partial charge < -0.3 is 10.1 Å². The molecule has 0 saturated carbocycles. The number of benzene rings is 3. The van der Waals surface area contributed by atoms with E-state index in [2.05, 4.69) is 10.3 Å². The van der Waals surface area contributed by atoms with Crippen LogP contribution in [-0.2, 0) is 9.53 Å². The quantitative estimate of drug-likeness (QED) is 0.534. The molecule has 4 aromatic rings. The standard InChI is InChI=1S/C23H18N2O3/c1-15(22(26)25-21-10-4-9-20-19(21)8-5-13-24-20)28-23(27)18-12-11-16-6-2-3-7-17(16)14-18/h2-15H,1H3,(H,25,26). The second-order valence-electron chi connectivity index (χ2n) is 6.47. The summed E-state index contributed by atoms with van der Waals surface area (Å²) in [4.78, 5) is 29.3. The molecule has 28 heavy (non-hydrogen) atoms. The van der Waals surface area contributed by atoms with Crippen LogP contribution in [0.5, 0.6) is 0 Å². The van der Waals surface area contributed by atoms with E-state index < -0.39 is 18.0 Å². The van der Waals surface area contributed by atoms with Gasteiger partial charge in [-0.2, -0.15) is 0 Å². The van der Waals surface area contributed by atoms with Crippen LogP contribution in [0.1, 0.15) is 17.3 Å². The maximum Gasteiger partial charge on any atom is 0.338 e. The summed E-state index contributed by atoms with van der Waals surface area (Å²) in [6.07, 6.45) is 0.757. The van der Waals surface area contributed by atoms with Crippen molar-refractivity contribution in [2.24, 2.45) is 0 Å². The van der Waals surface area contributed by atoms with E-state index in [1.807, 2.05) is 48.5 Å². The van der Waals surface area contributed by atoms with Crippen molar-refractivity contribution in [3.05, 3.63) is 84.6 Å². The number of amides is 1. The van der Waals surface area contributed by atoms with Crippen LogP contribution in [0.2, 0.25) is 0 Å². The van der Waals surface area contributed by atoms with Gasteiger partial charge in [0.25, 0.3) is 5.91 Å². The molecule has 4 rings (SSSR count). The van der Waals surface area contributed by atoms with E-state index in [9.17, 15) is 9.59 Å². The Morgan fingerprint density at radius 3 is 2.61 bits per heavy atom. The molecule has 0 aliphatic rings. The van der Waals surface area contributed by atoms with Crippen molar-refractivity contribution in [2.45, 2.75) is 13.0 Å². The first-order chi connectivity index (χ1) is 13.6. The molecule has 1 amide bonds. The number of anilines is 1. The molecule has 0 fully saturated rings. The van der Waals surface area contributed by atoms with Crippen LogP contribution in [0.3, 0.4) is 0 Å². The van der Waals surface area contributed by atoms with Gasteiger partial charge in [0.2, 0.25) is 0 Å². The van der Waals surface area contributed by atoms with Gasteiger partial charge >= 0.3 is 5.97 Å². The van der Waals surface area contributed by atoms with Crippen molar-refractivity contribution < 1.29 is 14.3 Å². The van der Waals surface area contributed by atoms with Gasteiger partial charge in [0, 0.05) is 11.6 Å². The normalized spacial score (nSPS) is 11.9. The zero-order valence-electron chi connectivity index (χ0n) is 15.3. The van der Waals surface area contributed by atoms with Crippen molar-refractivity contribution in [1.29, 1.82) is 0 Å². The molecule has 0 bridgehead atoms. The molecule has 1 unspecified atom stereocenters. The Kier molecular flexibility index (Phi) is 4.72. The van der Waals surface area contributed by atoms with Crippen LogP contribution in [0.15, 0.2) is 79.0 Å². The predicted octanol–water partition coefficient (Wildman–Crippen LogP) is 4.57. The summed E-state index contributed by atoms with van der Waals surface area (Å²) >= 11 is 0. The number of fused-ring (bicyclic) bond motifs is 2. The van der Waals surface area contributed by atoms with Gasteiger partial charge in [-0.05, 0) is 54.1 Å². The van der Waals surface area contributed by atoms with Crippen LogP contribution in [0, 0.1) is 0 Å². The number of pyridine rings is 1. The summed E-state index contributed by atoms with van der Waals surface area (Å²) in [5, 5.41) is 5.62. The molecule has 1 N–H and O–H groups in total. The average Bonchev–Trinajstić information content (AvgIpc) is 2.73. The molecule has 138 valence electrons. The number of carbonyl (C=O) groups excluding carboxylic acids is 2. The summed E-state index contributed by atoms with van der Waals surface area (Å²) in [7, 11) is 0. The zero-order chi connectivity index (χ0) is 19.5. The van der Waals surface area contributed by atoms with Crippen molar-refractivity contribution in [2.75, 3.05) is 5.32 Å². The number of nitrogens with zero attached hydrogens (tertiary/aromatic N) is 1. The Labute approximate surface area is 162 Å². The summed E-state index contributed by atoms with van der Waals surface area (Å²) in [5.74, 6) is -0.932. The lowest BCUT2D eigenvalue weighted by molar-refractivity contribution is -0.123. The molecule has 0 spiro atoms. The fourth-order valence-electron chi connectivity index (χ4n) is 3.05. The fourth-order valence-corrected chi connectivity index (χ4v) is 3.05. The maximum absolute atomic E-state index is 12.5. The lowest BCUT2D eigenvalue weighted by atomic mass is 10.1. The first kappa shape index (κ1) is 17.7. The largest absolute Gasteiger partial charge is 0.449 e. The summed E-state index contributed by atoms with van der Waals surface area (Å²) in [6.45, 7) is 1.55. The van der Waals surface area contributed by atoms with E-state index in [-0.39, 0.29) is 0 Å². The molecule has 0 aliphatic carbocycles. The lowest BCUT2D eigenvalue weighted by Crippen LogP contribution is -2.30. The predicted molar refractivity (Wildman–Crippen MR) is 109 cm³/mol. The number of hydrogen-bond acceptors (Lipinski definition) is 4. The monoisotopic (exact) mass is 370 g/mol. The first-order valence-electron chi connectivity index (χ1n) is 8.96. The third kappa shape index (κ3) is 3.55. The van der Waals surface area contributed by atoms with Gasteiger partial charge in [-0.1, -0.05) is 36.4 Å². The number of rotatable bonds is 4. The van der Waals surface area contributed by atoms with Gasteiger partial charge in [-0.3, -0.25) is 9.78 Å². The highest BCUT2D eigenvalue weighted by Crippen LogP contribution is 2.22.